The molecule has 74 valence electrons. The van der Waals surface area contributed by atoms with Gasteiger partial charge in [0.15, 0.2) is 0 Å². The Hall–Kier alpha value is -0.740. The number of thiophene rings is 1. The smallest absolute Gasteiger partial charge is 0.134 e. The maximum Gasteiger partial charge on any atom is 0.134 e. The predicted octanol–water partition coefficient (Wildman–Crippen LogP) is 3.64. The van der Waals surface area contributed by atoms with Crippen LogP contribution in [0.4, 0.5) is 5.00 Å². The highest BCUT2D eigenvalue weighted by Crippen LogP contribution is 2.35. The summed E-state index contributed by atoms with van der Waals surface area (Å²) in [6.45, 7) is 2.64. The van der Waals surface area contributed by atoms with E-state index in [0.717, 1.165) is 25.3 Å². The summed E-state index contributed by atoms with van der Waals surface area (Å²) < 4.78 is 7.61. The summed E-state index contributed by atoms with van der Waals surface area (Å²) in [4.78, 5) is 0. The Bertz CT molecular complexity index is 466. The van der Waals surface area contributed by atoms with E-state index in [1.165, 1.54) is 0 Å². The predicted molar refractivity (Wildman–Crippen MR) is 65.1 cm³/mol. The van der Waals surface area contributed by atoms with Crippen LogP contribution in [-0.2, 0) is 0 Å². The quantitative estimate of drug-likeness (QED) is 0.905. The molecule has 1 aromatic heterocycles. The zero-order chi connectivity index (χ0) is 10.1. The highest BCUT2D eigenvalue weighted by Gasteiger charge is 2.05. The van der Waals surface area contributed by atoms with Gasteiger partial charge in [0, 0.05) is 4.70 Å². The molecule has 0 aliphatic rings. The van der Waals surface area contributed by atoms with Crippen molar-refractivity contribution in [3.8, 4) is 5.75 Å². The topological polar surface area (TPSA) is 35.2 Å². The zero-order valence-corrected chi connectivity index (χ0v) is 10.1. The Morgan fingerprint density at radius 2 is 2.21 bits per heavy atom. The molecule has 0 atom stereocenters. The molecule has 2 aromatic rings. The Morgan fingerprint density at radius 1 is 1.43 bits per heavy atom. The molecule has 0 saturated heterocycles. The summed E-state index contributed by atoms with van der Waals surface area (Å²) in [7, 11) is 0. The molecule has 2 rings (SSSR count). The number of hydrogen-bond donors (Lipinski definition) is 1. The summed E-state index contributed by atoms with van der Waals surface area (Å²) in [5.74, 6) is 0.877. The van der Waals surface area contributed by atoms with E-state index in [4.69, 9.17) is 10.5 Å². The van der Waals surface area contributed by atoms with Gasteiger partial charge < -0.3 is 10.5 Å². The summed E-state index contributed by atoms with van der Waals surface area (Å²) in [5, 5.41) is 1.99. The molecule has 0 radical (unpaired) electrons. The van der Waals surface area contributed by atoms with Crippen LogP contribution < -0.4 is 10.5 Å². The van der Waals surface area contributed by atoms with Crippen LogP contribution in [0, 0.1) is 0 Å². The van der Waals surface area contributed by atoms with Crippen LogP contribution in [0.5, 0.6) is 5.75 Å². The number of nitrogen functional groups attached to an aromatic ring is 1. The number of benzene rings is 1. The fourth-order valence-electron chi connectivity index (χ4n) is 1.33. The molecule has 0 aliphatic heterocycles. The first kappa shape index (κ1) is 9.80. The van der Waals surface area contributed by atoms with Crippen LogP contribution in [0.15, 0.2) is 22.7 Å². The molecule has 14 heavy (non-hydrogen) atoms. The van der Waals surface area contributed by atoms with Crippen LogP contribution in [0.25, 0.3) is 10.1 Å². The van der Waals surface area contributed by atoms with Gasteiger partial charge in [-0.2, -0.15) is 0 Å². The first-order chi connectivity index (χ1) is 6.70. The minimum absolute atomic E-state index is 0.672. The number of ether oxygens (including phenoxy) is 1. The van der Waals surface area contributed by atoms with Crippen molar-refractivity contribution in [2.75, 3.05) is 12.3 Å². The Morgan fingerprint density at radius 3 is 2.93 bits per heavy atom. The Balaban J connectivity index is 2.58. The van der Waals surface area contributed by atoms with Crippen LogP contribution in [0.1, 0.15) is 6.92 Å². The van der Waals surface area contributed by atoms with Gasteiger partial charge in [0.25, 0.3) is 0 Å². The summed E-state index contributed by atoms with van der Waals surface area (Å²) in [6.07, 6.45) is 0. The molecule has 0 spiro atoms. The van der Waals surface area contributed by atoms with E-state index < -0.39 is 0 Å². The van der Waals surface area contributed by atoms with E-state index in [2.05, 4.69) is 15.9 Å². The molecule has 0 amide bonds. The van der Waals surface area contributed by atoms with Gasteiger partial charge in [0.2, 0.25) is 0 Å². The van der Waals surface area contributed by atoms with Crippen molar-refractivity contribution < 1.29 is 4.74 Å². The first-order valence-corrected chi connectivity index (χ1v) is 5.93. The summed E-state index contributed by atoms with van der Waals surface area (Å²) in [6, 6.07) is 6.03. The fraction of sp³-hybridized carbons (Fsp3) is 0.200. The third-order valence-electron chi connectivity index (χ3n) is 1.89. The van der Waals surface area contributed by atoms with E-state index in [-0.39, 0.29) is 0 Å². The van der Waals surface area contributed by atoms with Gasteiger partial charge in [0.1, 0.15) is 5.75 Å². The number of nitrogens with two attached hydrogens (primary N) is 1. The monoisotopic (exact) mass is 271 g/mol. The van der Waals surface area contributed by atoms with Crippen molar-refractivity contribution in [1.82, 2.24) is 0 Å². The second-order valence-corrected chi connectivity index (χ2v) is 4.87. The molecule has 0 unspecified atom stereocenters. The second kappa shape index (κ2) is 3.79. The number of fused-ring (bicyclic) bond motifs is 1. The number of halogens is 1. The van der Waals surface area contributed by atoms with Crippen molar-refractivity contribution >= 4 is 42.4 Å². The van der Waals surface area contributed by atoms with Crippen molar-refractivity contribution in [1.29, 1.82) is 0 Å². The minimum atomic E-state index is 0.672. The lowest BCUT2D eigenvalue weighted by Crippen LogP contribution is -1.91. The molecule has 2 nitrogen and oxygen atoms in total. The van der Waals surface area contributed by atoms with Crippen LogP contribution in [0.2, 0.25) is 0 Å². The lowest BCUT2D eigenvalue weighted by Gasteiger charge is -2.04. The largest absolute Gasteiger partial charge is 0.493 e. The van der Waals surface area contributed by atoms with Gasteiger partial charge in [-0.05, 0) is 46.4 Å². The van der Waals surface area contributed by atoms with E-state index in [1.54, 1.807) is 11.3 Å². The van der Waals surface area contributed by atoms with Crippen molar-refractivity contribution in [3.05, 3.63) is 22.7 Å². The van der Waals surface area contributed by atoms with E-state index in [0.29, 0.717) is 6.61 Å². The van der Waals surface area contributed by atoms with Crippen LogP contribution >= 0.6 is 27.3 Å². The third kappa shape index (κ3) is 1.72. The van der Waals surface area contributed by atoms with Crippen molar-refractivity contribution in [2.45, 2.75) is 6.92 Å². The molecule has 1 aromatic carbocycles. The molecular formula is C10H10BrNOS. The van der Waals surface area contributed by atoms with Crippen LogP contribution in [0.3, 0.4) is 0 Å². The van der Waals surface area contributed by atoms with Gasteiger partial charge >= 0.3 is 0 Å². The van der Waals surface area contributed by atoms with Gasteiger partial charge in [-0.1, -0.05) is 0 Å². The maximum absolute atomic E-state index is 5.73. The van der Waals surface area contributed by atoms with Crippen LogP contribution in [-0.4, -0.2) is 6.61 Å². The average Bonchev–Trinajstić information content (AvgIpc) is 2.45. The Kier molecular flexibility index (Phi) is 2.65. The van der Waals surface area contributed by atoms with Gasteiger partial charge in [-0.3, -0.25) is 0 Å². The standard InChI is InChI=1S/C10H10BrNOS/c1-2-13-8-5-9-6(3-7(8)11)4-10(12)14-9/h3-5H,2,12H2,1H3. The lowest BCUT2D eigenvalue weighted by atomic mass is 10.2. The molecular weight excluding hydrogens is 262 g/mol. The summed E-state index contributed by atoms with van der Waals surface area (Å²) >= 11 is 5.04. The van der Waals surface area contributed by atoms with E-state index >= 15 is 0 Å². The molecule has 0 bridgehead atoms. The SMILES string of the molecule is CCOc1cc2sc(N)cc2cc1Br. The molecule has 0 saturated carbocycles. The van der Waals surface area contributed by atoms with Gasteiger partial charge in [-0.15, -0.1) is 11.3 Å². The van der Waals surface area contributed by atoms with Gasteiger partial charge in [-0.25, -0.2) is 0 Å². The number of anilines is 1. The normalized spacial score (nSPS) is 10.7. The average molecular weight is 272 g/mol. The minimum Gasteiger partial charge on any atom is -0.493 e. The number of hydrogen-bond acceptors (Lipinski definition) is 3. The van der Waals surface area contributed by atoms with E-state index in [9.17, 15) is 0 Å². The highest BCUT2D eigenvalue weighted by molar-refractivity contribution is 9.10. The third-order valence-corrected chi connectivity index (χ3v) is 3.44. The molecule has 0 fully saturated rings. The zero-order valence-electron chi connectivity index (χ0n) is 7.71. The van der Waals surface area contributed by atoms with E-state index in [1.807, 2.05) is 25.1 Å². The second-order valence-electron chi connectivity index (χ2n) is 2.90. The molecule has 2 N–H and O–H groups in total. The fourth-order valence-corrected chi connectivity index (χ4v) is 2.64. The van der Waals surface area contributed by atoms with Gasteiger partial charge in [0.05, 0.1) is 16.1 Å². The Labute approximate surface area is 94.8 Å². The highest BCUT2D eigenvalue weighted by atomic mass is 79.9. The molecule has 1 heterocycles. The van der Waals surface area contributed by atoms with Crippen molar-refractivity contribution in [3.63, 3.8) is 0 Å². The first-order valence-electron chi connectivity index (χ1n) is 4.32. The maximum atomic E-state index is 5.73. The number of rotatable bonds is 2. The van der Waals surface area contributed by atoms with Crippen molar-refractivity contribution in [2.24, 2.45) is 0 Å². The molecule has 0 aliphatic carbocycles. The summed E-state index contributed by atoms with van der Waals surface area (Å²) in [5.41, 5.74) is 5.73. The lowest BCUT2D eigenvalue weighted by molar-refractivity contribution is 0.338. The molecule has 4 heteroatoms.